The molecule has 0 spiro atoms. The van der Waals surface area contributed by atoms with Gasteiger partial charge in [-0.15, -0.1) is 0 Å². The molecule has 0 aliphatic carbocycles. The van der Waals surface area contributed by atoms with E-state index in [2.05, 4.69) is 26.9 Å². The van der Waals surface area contributed by atoms with Gasteiger partial charge >= 0.3 is 0 Å². The van der Waals surface area contributed by atoms with Gasteiger partial charge in [0.1, 0.15) is 0 Å². The zero-order valence-corrected chi connectivity index (χ0v) is 14.0. The maximum atomic E-state index is 6.27. The molecule has 3 nitrogen and oxygen atoms in total. The Labute approximate surface area is 134 Å². The smallest absolute Gasteiger partial charge is 0.0599 e. The van der Waals surface area contributed by atoms with E-state index in [0.29, 0.717) is 12.6 Å². The lowest BCUT2D eigenvalue weighted by molar-refractivity contribution is 0.00564. The number of benzene rings is 1. The van der Waals surface area contributed by atoms with Crippen LogP contribution in [0.2, 0.25) is 5.02 Å². The summed E-state index contributed by atoms with van der Waals surface area (Å²) < 4.78 is 6.85. The Morgan fingerprint density at radius 1 is 1.35 bits per heavy atom. The molecule has 1 aliphatic heterocycles. The topological polar surface area (TPSA) is 38.5 Å². The Morgan fingerprint density at radius 2 is 2.10 bits per heavy atom. The van der Waals surface area contributed by atoms with Crippen molar-refractivity contribution in [2.24, 2.45) is 5.73 Å². The summed E-state index contributed by atoms with van der Waals surface area (Å²) in [4.78, 5) is 2.44. The highest BCUT2D eigenvalue weighted by molar-refractivity contribution is 9.10. The van der Waals surface area contributed by atoms with Crippen LogP contribution in [0.25, 0.3) is 0 Å². The van der Waals surface area contributed by atoms with E-state index in [-0.39, 0.29) is 0 Å². The lowest BCUT2D eigenvalue weighted by atomic mass is 10.1. The van der Waals surface area contributed by atoms with Gasteiger partial charge in [-0.2, -0.15) is 0 Å². The van der Waals surface area contributed by atoms with Crippen molar-refractivity contribution in [2.75, 3.05) is 26.2 Å². The third kappa shape index (κ3) is 5.01. The molecule has 1 saturated heterocycles. The Kier molecular flexibility index (Phi) is 6.78. The van der Waals surface area contributed by atoms with Crippen LogP contribution in [-0.4, -0.2) is 37.2 Å². The van der Waals surface area contributed by atoms with E-state index in [1.54, 1.807) is 0 Å². The van der Waals surface area contributed by atoms with E-state index in [9.17, 15) is 0 Å². The van der Waals surface area contributed by atoms with Crippen molar-refractivity contribution in [3.8, 4) is 0 Å². The van der Waals surface area contributed by atoms with E-state index in [4.69, 9.17) is 22.1 Å². The molecule has 0 amide bonds. The van der Waals surface area contributed by atoms with Crippen LogP contribution in [0.3, 0.4) is 0 Å². The number of hydrogen-bond acceptors (Lipinski definition) is 3. The quantitative estimate of drug-likeness (QED) is 0.789. The molecule has 0 aromatic heterocycles. The Balaban J connectivity index is 1.76. The molecule has 20 heavy (non-hydrogen) atoms. The van der Waals surface area contributed by atoms with Crippen molar-refractivity contribution in [3.63, 3.8) is 0 Å². The molecule has 112 valence electrons. The molecule has 0 unspecified atom stereocenters. The minimum Gasteiger partial charge on any atom is -0.378 e. The molecule has 1 aromatic carbocycles. The zero-order valence-electron chi connectivity index (χ0n) is 11.7. The van der Waals surface area contributed by atoms with Gasteiger partial charge in [0.2, 0.25) is 0 Å². The van der Waals surface area contributed by atoms with Crippen LogP contribution in [0.15, 0.2) is 22.7 Å². The third-order valence-electron chi connectivity index (χ3n) is 3.65. The van der Waals surface area contributed by atoms with E-state index >= 15 is 0 Å². The summed E-state index contributed by atoms with van der Waals surface area (Å²) in [5, 5.41) is 0.834. The van der Waals surface area contributed by atoms with E-state index in [1.165, 1.54) is 5.56 Å². The third-order valence-corrected chi connectivity index (χ3v) is 4.49. The summed E-state index contributed by atoms with van der Waals surface area (Å²) in [6.45, 7) is 4.56. The van der Waals surface area contributed by atoms with Gasteiger partial charge < -0.3 is 10.5 Å². The Bertz CT molecular complexity index is 422. The first-order chi connectivity index (χ1) is 9.69. The van der Waals surface area contributed by atoms with Crippen LogP contribution in [0.5, 0.6) is 0 Å². The summed E-state index contributed by atoms with van der Waals surface area (Å²) >= 11 is 9.70. The highest BCUT2D eigenvalue weighted by Crippen LogP contribution is 2.24. The molecule has 0 atom stereocenters. The fourth-order valence-electron chi connectivity index (χ4n) is 2.46. The minimum absolute atomic E-state index is 0.401. The van der Waals surface area contributed by atoms with Gasteiger partial charge in [0, 0.05) is 35.7 Å². The fraction of sp³-hybridized carbons (Fsp3) is 0.600. The number of nitrogens with zero attached hydrogens (tertiary/aromatic N) is 1. The monoisotopic (exact) mass is 360 g/mol. The zero-order chi connectivity index (χ0) is 14.4. The predicted molar refractivity (Wildman–Crippen MR) is 87.1 cm³/mol. The largest absolute Gasteiger partial charge is 0.378 e. The number of piperidine rings is 1. The molecule has 2 N–H and O–H groups in total. The van der Waals surface area contributed by atoms with Crippen LogP contribution < -0.4 is 5.73 Å². The molecule has 1 aromatic rings. The first-order valence-electron chi connectivity index (χ1n) is 7.17. The number of hydrogen-bond donors (Lipinski definition) is 1. The number of rotatable bonds is 6. The molecule has 0 radical (unpaired) electrons. The van der Waals surface area contributed by atoms with Gasteiger partial charge in [-0.3, -0.25) is 4.90 Å². The van der Waals surface area contributed by atoms with Gasteiger partial charge in [0.05, 0.1) is 6.10 Å². The van der Waals surface area contributed by atoms with E-state index < -0.39 is 0 Å². The fourth-order valence-corrected chi connectivity index (χ4v) is 3.19. The summed E-state index contributed by atoms with van der Waals surface area (Å²) in [5.41, 5.74) is 6.66. The standard InChI is InChI=1S/C15H22BrClN2O/c16-13-3-2-12(15(17)10-13)11-19-7-4-14(5-8-19)20-9-1-6-18/h2-3,10,14H,1,4-9,11,18H2. The number of halogens is 2. The predicted octanol–water partition coefficient (Wildman–Crippen LogP) is 3.43. The van der Waals surface area contributed by atoms with E-state index in [0.717, 1.165) is 55.0 Å². The second kappa shape index (κ2) is 8.35. The van der Waals surface area contributed by atoms with Crippen LogP contribution >= 0.6 is 27.5 Å². The normalized spacial score (nSPS) is 17.6. The Hall–Kier alpha value is -0.130. The van der Waals surface area contributed by atoms with Crippen LogP contribution in [0.4, 0.5) is 0 Å². The highest BCUT2D eigenvalue weighted by atomic mass is 79.9. The molecular formula is C15H22BrClN2O. The van der Waals surface area contributed by atoms with Crippen molar-refractivity contribution in [1.82, 2.24) is 4.90 Å². The summed E-state index contributed by atoms with van der Waals surface area (Å²) in [6, 6.07) is 6.10. The maximum Gasteiger partial charge on any atom is 0.0599 e. The molecule has 1 fully saturated rings. The molecule has 2 rings (SSSR count). The molecular weight excluding hydrogens is 340 g/mol. The molecule has 0 saturated carbocycles. The molecule has 0 bridgehead atoms. The van der Waals surface area contributed by atoms with Gasteiger partial charge in [0.25, 0.3) is 0 Å². The Morgan fingerprint density at radius 3 is 2.75 bits per heavy atom. The van der Waals surface area contributed by atoms with Gasteiger partial charge in [0.15, 0.2) is 0 Å². The van der Waals surface area contributed by atoms with Crippen LogP contribution in [0, 0.1) is 0 Å². The van der Waals surface area contributed by atoms with Gasteiger partial charge in [-0.25, -0.2) is 0 Å². The number of ether oxygens (including phenoxy) is 1. The lowest BCUT2D eigenvalue weighted by Crippen LogP contribution is -2.36. The summed E-state index contributed by atoms with van der Waals surface area (Å²) in [7, 11) is 0. The summed E-state index contributed by atoms with van der Waals surface area (Å²) in [5.74, 6) is 0. The van der Waals surface area contributed by atoms with Crippen LogP contribution in [0.1, 0.15) is 24.8 Å². The maximum absolute atomic E-state index is 6.27. The SMILES string of the molecule is NCCCOC1CCN(Cc2ccc(Br)cc2Cl)CC1. The highest BCUT2D eigenvalue weighted by Gasteiger charge is 2.20. The molecule has 5 heteroatoms. The number of likely N-dealkylation sites (tertiary alicyclic amines) is 1. The van der Waals surface area contributed by atoms with Crippen molar-refractivity contribution in [2.45, 2.75) is 31.9 Å². The van der Waals surface area contributed by atoms with Gasteiger partial charge in [-0.05, 0) is 43.5 Å². The second-order valence-corrected chi connectivity index (χ2v) is 6.55. The average molecular weight is 362 g/mol. The van der Waals surface area contributed by atoms with Crippen molar-refractivity contribution in [3.05, 3.63) is 33.3 Å². The molecule has 1 aliphatic rings. The first-order valence-corrected chi connectivity index (χ1v) is 8.34. The summed E-state index contributed by atoms with van der Waals surface area (Å²) in [6.07, 6.45) is 3.55. The van der Waals surface area contributed by atoms with Gasteiger partial charge in [-0.1, -0.05) is 33.6 Å². The lowest BCUT2D eigenvalue weighted by Gasteiger charge is -2.32. The van der Waals surface area contributed by atoms with E-state index in [1.807, 2.05) is 12.1 Å². The first kappa shape index (κ1) is 16.2. The second-order valence-electron chi connectivity index (χ2n) is 5.22. The number of nitrogens with two attached hydrogens (primary N) is 1. The van der Waals surface area contributed by atoms with Crippen molar-refractivity contribution < 1.29 is 4.74 Å². The van der Waals surface area contributed by atoms with Crippen LogP contribution in [-0.2, 0) is 11.3 Å². The minimum atomic E-state index is 0.401. The average Bonchev–Trinajstić information content (AvgIpc) is 2.44. The van der Waals surface area contributed by atoms with Crippen molar-refractivity contribution >= 4 is 27.5 Å². The van der Waals surface area contributed by atoms with Crippen molar-refractivity contribution in [1.29, 1.82) is 0 Å². The molecule has 1 heterocycles.